The third kappa shape index (κ3) is 4.22. The Morgan fingerprint density at radius 3 is 2.48 bits per heavy atom. The van der Waals surface area contributed by atoms with Crippen molar-refractivity contribution in [3.63, 3.8) is 0 Å². The number of halogens is 1. The smallest absolute Gasteiger partial charge is 0.275 e. The summed E-state index contributed by atoms with van der Waals surface area (Å²) in [5, 5.41) is 6.01. The van der Waals surface area contributed by atoms with E-state index in [1.165, 1.54) is 6.20 Å². The van der Waals surface area contributed by atoms with Crippen molar-refractivity contribution < 1.29 is 4.79 Å². The number of nitrogens with zero attached hydrogens (tertiary/aromatic N) is 2. The van der Waals surface area contributed by atoms with Crippen LogP contribution in [0.1, 0.15) is 21.6 Å². The Bertz CT molecular complexity index is 910. The zero-order chi connectivity index (χ0) is 17.8. The molecule has 0 bridgehead atoms. The van der Waals surface area contributed by atoms with Crippen LogP contribution in [0.5, 0.6) is 0 Å². The first-order chi connectivity index (χ1) is 12.0. The van der Waals surface area contributed by atoms with Crippen LogP contribution in [0.25, 0.3) is 0 Å². The highest BCUT2D eigenvalue weighted by molar-refractivity contribution is 9.10. The SMILES string of the molecule is Cc1cc(NC(=O)c2cnc(Nc3ccccc3C)cn2)ccc1Br. The van der Waals surface area contributed by atoms with Crippen LogP contribution >= 0.6 is 15.9 Å². The standard InChI is InChI=1S/C19H17BrN4O/c1-12-5-3-4-6-16(12)24-18-11-21-17(10-22-18)19(25)23-14-7-8-15(20)13(2)9-14/h3-11H,1-2H3,(H,22,24)(H,23,25). The highest BCUT2D eigenvalue weighted by atomic mass is 79.9. The van der Waals surface area contributed by atoms with E-state index in [-0.39, 0.29) is 11.6 Å². The second-order valence-corrected chi connectivity index (χ2v) is 6.50. The van der Waals surface area contributed by atoms with Gasteiger partial charge in [0.1, 0.15) is 11.5 Å². The van der Waals surface area contributed by atoms with Crippen LogP contribution in [-0.2, 0) is 0 Å². The van der Waals surface area contributed by atoms with Crippen LogP contribution in [0.3, 0.4) is 0 Å². The number of hydrogen-bond acceptors (Lipinski definition) is 4. The molecule has 1 heterocycles. The molecule has 0 radical (unpaired) electrons. The Labute approximate surface area is 154 Å². The van der Waals surface area contributed by atoms with E-state index in [0.717, 1.165) is 27.0 Å². The molecule has 6 heteroatoms. The molecule has 0 aliphatic carbocycles. The monoisotopic (exact) mass is 396 g/mol. The maximum atomic E-state index is 12.3. The fourth-order valence-electron chi connectivity index (χ4n) is 2.28. The molecule has 2 N–H and O–H groups in total. The van der Waals surface area contributed by atoms with Gasteiger partial charge in [0.05, 0.1) is 12.4 Å². The summed E-state index contributed by atoms with van der Waals surface area (Å²) in [7, 11) is 0. The normalized spacial score (nSPS) is 10.4. The van der Waals surface area contributed by atoms with Gasteiger partial charge < -0.3 is 10.6 Å². The highest BCUT2D eigenvalue weighted by Crippen LogP contribution is 2.21. The molecule has 2 aromatic carbocycles. The molecular weight excluding hydrogens is 380 g/mol. The Morgan fingerprint density at radius 1 is 1.00 bits per heavy atom. The van der Waals surface area contributed by atoms with E-state index in [4.69, 9.17) is 0 Å². The predicted octanol–water partition coefficient (Wildman–Crippen LogP) is 4.85. The van der Waals surface area contributed by atoms with Gasteiger partial charge in [-0.25, -0.2) is 9.97 Å². The average Bonchev–Trinajstić information content (AvgIpc) is 2.61. The first kappa shape index (κ1) is 17.1. The summed E-state index contributed by atoms with van der Waals surface area (Å²) in [6.07, 6.45) is 3.01. The van der Waals surface area contributed by atoms with Crippen molar-refractivity contribution in [3.8, 4) is 0 Å². The summed E-state index contributed by atoms with van der Waals surface area (Å²) in [5.41, 5.74) is 4.09. The molecule has 1 aromatic heterocycles. The van der Waals surface area contributed by atoms with Crippen LogP contribution in [0.4, 0.5) is 17.2 Å². The van der Waals surface area contributed by atoms with Crippen LogP contribution in [0.15, 0.2) is 59.3 Å². The molecule has 5 nitrogen and oxygen atoms in total. The topological polar surface area (TPSA) is 66.9 Å². The maximum absolute atomic E-state index is 12.3. The Hall–Kier alpha value is -2.73. The Morgan fingerprint density at radius 2 is 1.80 bits per heavy atom. The molecule has 0 spiro atoms. The van der Waals surface area contributed by atoms with Crippen molar-refractivity contribution in [1.82, 2.24) is 9.97 Å². The summed E-state index contributed by atoms with van der Waals surface area (Å²) in [5.74, 6) is 0.294. The summed E-state index contributed by atoms with van der Waals surface area (Å²) < 4.78 is 0.997. The number of nitrogens with one attached hydrogen (secondary N) is 2. The molecule has 0 atom stereocenters. The van der Waals surface area contributed by atoms with E-state index in [1.54, 1.807) is 6.20 Å². The molecule has 0 unspecified atom stereocenters. The predicted molar refractivity (Wildman–Crippen MR) is 103 cm³/mol. The lowest BCUT2D eigenvalue weighted by Gasteiger charge is -2.09. The lowest BCUT2D eigenvalue weighted by Crippen LogP contribution is -2.14. The van der Waals surface area contributed by atoms with Gasteiger partial charge in [-0.1, -0.05) is 34.1 Å². The van der Waals surface area contributed by atoms with Crippen LogP contribution < -0.4 is 10.6 Å². The Balaban J connectivity index is 1.70. The van der Waals surface area contributed by atoms with Gasteiger partial charge in [0.15, 0.2) is 0 Å². The fourth-order valence-corrected chi connectivity index (χ4v) is 2.53. The number of rotatable bonds is 4. The first-order valence-corrected chi connectivity index (χ1v) is 8.54. The molecule has 0 saturated carbocycles. The molecule has 0 aliphatic rings. The number of carbonyl (C=O) groups is 1. The maximum Gasteiger partial charge on any atom is 0.275 e. The largest absolute Gasteiger partial charge is 0.339 e. The minimum Gasteiger partial charge on any atom is -0.339 e. The number of anilines is 3. The first-order valence-electron chi connectivity index (χ1n) is 7.75. The van der Waals surface area contributed by atoms with Crippen molar-refractivity contribution in [2.24, 2.45) is 0 Å². The molecule has 126 valence electrons. The quantitative estimate of drug-likeness (QED) is 0.661. The summed E-state index contributed by atoms with van der Waals surface area (Å²) >= 11 is 3.44. The molecule has 3 aromatic rings. The van der Waals surface area contributed by atoms with Gasteiger partial charge in [0.2, 0.25) is 0 Å². The van der Waals surface area contributed by atoms with E-state index >= 15 is 0 Å². The molecular formula is C19H17BrN4O. The Kier molecular flexibility index (Phi) is 5.09. The van der Waals surface area contributed by atoms with Crippen LogP contribution in [-0.4, -0.2) is 15.9 Å². The minimum atomic E-state index is -0.295. The molecule has 0 saturated heterocycles. The van der Waals surface area contributed by atoms with Crippen molar-refractivity contribution >= 4 is 39.0 Å². The molecule has 25 heavy (non-hydrogen) atoms. The minimum absolute atomic E-state index is 0.260. The number of carbonyl (C=O) groups excluding carboxylic acids is 1. The van der Waals surface area contributed by atoms with E-state index in [0.29, 0.717) is 5.82 Å². The van der Waals surface area contributed by atoms with Gasteiger partial charge in [-0.05, 0) is 49.2 Å². The van der Waals surface area contributed by atoms with Crippen molar-refractivity contribution in [2.45, 2.75) is 13.8 Å². The second kappa shape index (κ2) is 7.44. The van der Waals surface area contributed by atoms with Gasteiger partial charge in [0, 0.05) is 15.8 Å². The fraction of sp³-hybridized carbons (Fsp3) is 0.105. The molecule has 3 rings (SSSR count). The van der Waals surface area contributed by atoms with E-state index < -0.39 is 0 Å². The van der Waals surface area contributed by atoms with Gasteiger partial charge in [-0.2, -0.15) is 0 Å². The lowest BCUT2D eigenvalue weighted by molar-refractivity contribution is 0.102. The van der Waals surface area contributed by atoms with Gasteiger partial charge in [-0.15, -0.1) is 0 Å². The van der Waals surface area contributed by atoms with E-state index in [9.17, 15) is 4.79 Å². The van der Waals surface area contributed by atoms with Gasteiger partial charge >= 0.3 is 0 Å². The number of amides is 1. The van der Waals surface area contributed by atoms with E-state index in [2.05, 4.69) is 36.5 Å². The molecule has 0 aliphatic heterocycles. The lowest BCUT2D eigenvalue weighted by atomic mass is 10.2. The number of benzene rings is 2. The van der Waals surface area contributed by atoms with Crippen molar-refractivity contribution in [2.75, 3.05) is 10.6 Å². The second-order valence-electron chi connectivity index (χ2n) is 5.64. The zero-order valence-electron chi connectivity index (χ0n) is 13.9. The number of para-hydroxylation sites is 1. The van der Waals surface area contributed by atoms with E-state index in [1.807, 2.05) is 56.3 Å². The third-order valence-electron chi connectivity index (χ3n) is 3.71. The zero-order valence-corrected chi connectivity index (χ0v) is 15.5. The van der Waals surface area contributed by atoms with Crippen molar-refractivity contribution in [3.05, 3.63) is 76.2 Å². The number of aryl methyl sites for hydroxylation is 2. The summed E-state index contributed by atoms with van der Waals surface area (Å²) in [4.78, 5) is 20.8. The van der Waals surface area contributed by atoms with Gasteiger partial charge in [0.25, 0.3) is 5.91 Å². The van der Waals surface area contributed by atoms with Crippen LogP contribution in [0, 0.1) is 13.8 Å². The average molecular weight is 397 g/mol. The van der Waals surface area contributed by atoms with Crippen molar-refractivity contribution in [1.29, 1.82) is 0 Å². The third-order valence-corrected chi connectivity index (χ3v) is 4.60. The van der Waals surface area contributed by atoms with Gasteiger partial charge in [-0.3, -0.25) is 4.79 Å². The van der Waals surface area contributed by atoms with Crippen LogP contribution in [0.2, 0.25) is 0 Å². The number of aromatic nitrogens is 2. The molecule has 0 fully saturated rings. The summed E-state index contributed by atoms with van der Waals surface area (Å²) in [6.45, 7) is 3.98. The summed E-state index contributed by atoms with van der Waals surface area (Å²) in [6, 6.07) is 13.5. The molecule has 1 amide bonds. The highest BCUT2D eigenvalue weighted by Gasteiger charge is 2.09. The number of hydrogen-bond donors (Lipinski definition) is 2.